The van der Waals surface area contributed by atoms with Gasteiger partial charge in [0.1, 0.15) is 22.9 Å². The predicted octanol–water partition coefficient (Wildman–Crippen LogP) is 3.56. The summed E-state index contributed by atoms with van der Waals surface area (Å²) in [7, 11) is 4.77. The number of ether oxygens (including phenoxy) is 4. The molecule has 0 fully saturated rings. The van der Waals surface area contributed by atoms with Gasteiger partial charge < -0.3 is 18.9 Å². The van der Waals surface area contributed by atoms with Crippen LogP contribution in [0.2, 0.25) is 0 Å². The first-order valence-electron chi connectivity index (χ1n) is 8.16. The zero-order chi connectivity index (χ0) is 18.5. The van der Waals surface area contributed by atoms with E-state index in [9.17, 15) is 0 Å². The highest BCUT2D eigenvalue weighted by atomic mass is 16.5. The molecule has 0 aliphatic rings. The van der Waals surface area contributed by atoms with Gasteiger partial charge in [-0.25, -0.2) is 0 Å². The van der Waals surface area contributed by atoms with Gasteiger partial charge in [-0.1, -0.05) is 0 Å². The summed E-state index contributed by atoms with van der Waals surface area (Å²) in [5.41, 5.74) is 2.97. The molecule has 26 heavy (non-hydrogen) atoms. The lowest BCUT2D eigenvalue weighted by molar-refractivity contribution is 0.340. The lowest BCUT2D eigenvalue weighted by Crippen LogP contribution is -1.96. The van der Waals surface area contributed by atoms with Crippen LogP contribution in [-0.4, -0.2) is 43.3 Å². The van der Waals surface area contributed by atoms with Crippen molar-refractivity contribution in [3.8, 4) is 45.5 Å². The molecular weight excluding hydrogens is 334 g/mol. The fourth-order valence-corrected chi connectivity index (χ4v) is 2.73. The maximum absolute atomic E-state index is 5.55. The fraction of sp³-hybridized carbons (Fsp3) is 0.263. The van der Waals surface area contributed by atoms with E-state index in [0.717, 1.165) is 16.9 Å². The van der Waals surface area contributed by atoms with Gasteiger partial charge in [-0.2, -0.15) is 15.4 Å². The molecule has 1 heterocycles. The van der Waals surface area contributed by atoms with Gasteiger partial charge in [0.15, 0.2) is 11.5 Å². The third-order valence-corrected chi connectivity index (χ3v) is 3.93. The Morgan fingerprint density at radius 1 is 0.846 bits per heavy atom. The van der Waals surface area contributed by atoms with Crippen molar-refractivity contribution in [1.29, 1.82) is 0 Å². The van der Waals surface area contributed by atoms with E-state index in [1.807, 2.05) is 37.3 Å². The number of methoxy groups -OCH3 is 3. The van der Waals surface area contributed by atoms with Crippen molar-refractivity contribution in [1.82, 2.24) is 15.4 Å². The molecule has 0 atom stereocenters. The Bertz CT molecular complexity index is 875. The molecule has 0 spiro atoms. The van der Waals surface area contributed by atoms with Gasteiger partial charge in [-0.05, 0) is 37.3 Å². The monoisotopic (exact) mass is 355 g/mol. The molecule has 1 aromatic heterocycles. The van der Waals surface area contributed by atoms with Gasteiger partial charge in [-0.3, -0.25) is 0 Å². The van der Waals surface area contributed by atoms with Crippen molar-refractivity contribution in [3.63, 3.8) is 0 Å². The Hall–Kier alpha value is -3.22. The Labute approximate surface area is 151 Å². The van der Waals surface area contributed by atoms with Crippen molar-refractivity contribution >= 4 is 0 Å². The number of aromatic nitrogens is 3. The number of nitrogens with zero attached hydrogens (tertiary/aromatic N) is 2. The molecule has 0 amide bonds. The molecule has 3 aromatic rings. The van der Waals surface area contributed by atoms with Gasteiger partial charge >= 0.3 is 0 Å². The number of nitrogens with one attached hydrogen (secondary N) is 1. The predicted molar refractivity (Wildman–Crippen MR) is 98.1 cm³/mol. The molecule has 7 heteroatoms. The lowest BCUT2D eigenvalue weighted by Gasteiger charge is -2.14. The van der Waals surface area contributed by atoms with Crippen molar-refractivity contribution < 1.29 is 18.9 Å². The van der Waals surface area contributed by atoms with E-state index in [-0.39, 0.29) is 0 Å². The highest BCUT2D eigenvalue weighted by Gasteiger charge is 2.21. The number of hydrogen-bond donors (Lipinski definition) is 1. The first-order chi connectivity index (χ1) is 12.7. The highest BCUT2D eigenvalue weighted by Crippen LogP contribution is 2.43. The van der Waals surface area contributed by atoms with E-state index in [2.05, 4.69) is 15.4 Å². The van der Waals surface area contributed by atoms with Crippen molar-refractivity contribution in [2.75, 3.05) is 27.9 Å². The van der Waals surface area contributed by atoms with Crippen LogP contribution >= 0.6 is 0 Å². The molecule has 7 nitrogen and oxygen atoms in total. The van der Waals surface area contributed by atoms with Crippen molar-refractivity contribution in [2.45, 2.75) is 6.92 Å². The Morgan fingerprint density at radius 2 is 1.58 bits per heavy atom. The van der Waals surface area contributed by atoms with Crippen LogP contribution in [0.3, 0.4) is 0 Å². The molecule has 1 N–H and O–H groups in total. The third kappa shape index (κ3) is 3.28. The van der Waals surface area contributed by atoms with Gasteiger partial charge in [-0.15, -0.1) is 0 Å². The molecule has 136 valence electrons. The van der Waals surface area contributed by atoms with Crippen LogP contribution in [0.25, 0.3) is 22.5 Å². The van der Waals surface area contributed by atoms with Crippen LogP contribution in [0.4, 0.5) is 0 Å². The second-order valence-corrected chi connectivity index (χ2v) is 5.39. The molecular formula is C19H21N3O4. The van der Waals surface area contributed by atoms with Crippen molar-refractivity contribution in [3.05, 3.63) is 36.4 Å². The fourth-order valence-electron chi connectivity index (χ4n) is 2.73. The summed E-state index contributed by atoms with van der Waals surface area (Å²) in [6.07, 6.45) is 0. The molecule has 3 rings (SSSR count). The second kappa shape index (κ2) is 7.77. The molecule has 0 aliphatic heterocycles. The summed E-state index contributed by atoms with van der Waals surface area (Å²) in [6, 6.07) is 11.3. The lowest BCUT2D eigenvalue weighted by atomic mass is 10.0. The van der Waals surface area contributed by atoms with E-state index in [4.69, 9.17) is 18.9 Å². The van der Waals surface area contributed by atoms with Gasteiger partial charge in [0, 0.05) is 11.6 Å². The second-order valence-electron chi connectivity index (χ2n) is 5.39. The number of aromatic amines is 1. The SMILES string of the molecule is CCOc1ccc(-c2n[nH]nc2-c2cc(OC)cc(OC)c2OC)cc1. The maximum Gasteiger partial charge on any atom is 0.170 e. The van der Waals surface area contributed by atoms with E-state index in [1.165, 1.54) is 0 Å². The highest BCUT2D eigenvalue weighted by molar-refractivity contribution is 5.83. The molecule has 0 aliphatic carbocycles. The third-order valence-electron chi connectivity index (χ3n) is 3.93. The Balaban J connectivity index is 2.11. The average Bonchev–Trinajstić information content (AvgIpc) is 3.17. The van der Waals surface area contributed by atoms with Crippen LogP contribution in [0.1, 0.15) is 6.92 Å². The Kier molecular flexibility index (Phi) is 5.26. The molecule has 2 aromatic carbocycles. The minimum Gasteiger partial charge on any atom is -0.497 e. The van der Waals surface area contributed by atoms with E-state index >= 15 is 0 Å². The first kappa shape index (κ1) is 17.6. The van der Waals surface area contributed by atoms with E-state index < -0.39 is 0 Å². The van der Waals surface area contributed by atoms with Crippen molar-refractivity contribution in [2.24, 2.45) is 0 Å². The molecule has 0 saturated carbocycles. The number of hydrogen-bond acceptors (Lipinski definition) is 6. The average molecular weight is 355 g/mol. The minimum absolute atomic E-state index is 0.558. The van der Waals surface area contributed by atoms with Crippen LogP contribution in [0.15, 0.2) is 36.4 Å². The zero-order valence-corrected chi connectivity index (χ0v) is 15.2. The Morgan fingerprint density at radius 3 is 2.19 bits per heavy atom. The summed E-state index contributed by atoms with van der Waals surface area (Å²) in [6.45, 7) is 2.57. The summed E-state index contributed by atoms with van der Waals surface area (Å²) < 4.78 is 21.8. The number of rotatable bonds is 7. The van der Waals surface area contributed by atoms with Gasteiger partial charge in [0.2, 0.25) is 0 Å². The standard InChI is InChI=1S/C19H21N3O4/c1-5-26-13-8-6-12(7-9-13)17-18(21-22-20-17)15-10-14(23-2)11-16(24-3)19(15)25-4/h6-11H,5H2,1-4H3,(H,20,21,22). The first-order valence-corrected chi connectivity index (χ1v) is 8.16. The smallest absolute Gasteiger partial charge is 0.170 e. The number of H-pyrrole nitrogens is 1. The summed E-state index contributed by atoms with van der Waals surface area (Å²) in [5, 5.41) is 11.3. The quantitative estimate of drug-likeness (QED) is 0.698. The number of benzene rings is 2. The van der Waals surface area contributed by atoms with Gasteiger partial charge in [0.05, 0.1) is 33.5 Å². The molecule has 0 unspecified atom stereocenters. The minimum atomic E-state index is 0.558. The largest absolute Gasteiger partial charge is 0.497 e. The van der Waals surface area contributed by atoms with Gasteiger partial charge in [0.25, 0.3) is 0 Å². The van der Waals surface area contributed by atoms with E-state index in [0.29, 0.717) is 35.2 Å². The normalized spacial score (nSPS) is 10.5. The van der Waals surface area contributed by atoms with Crippen LogP contribution in [0, 0.1) is 0 Å². The summed E-state index contributed by atoms with van der Waals surface area (Å²) in [5.74, 6) is 2.57. The summed E-state index contributed by atoms with van der Waals surface area (Å²) in [4.78, 5) is 0. The zero-order valence-electron chi connectivity index (χ0n) is 15.2. The molecule has 0 bridgehead atoms. The van der Waals surface area contributed by atoms with Crippen LogP contribution in [-0.2, 0) is 0 Å². The van der Waals surface area contributed by atoms with Crippen LogP contribution < -0.4 is 18.9 Å². The summed E-state index contributed by atoms with van der Waals surface area (Å²) >= 11 is 0. The topological polar surface area (TPSA) is 78.5 Å². The van der Waals surface area contributed by atoms with Crippen LogP contribution in [0.5, 0.6) is 23.0 Å². The maximum atomic E-state index is 5.55. The molecule has 0 saturated heterocycles. The van der Waals surface area contributed by atoms with E-state index in [1.54, 1.807) is 27.4 Å². The molecule has 0 radical (unpaired) electrons.